The van der Waals surface area contributed by atoms with Gasteiger partial charge in [0.25, 0.3) is 0 Å². The molecule has 3 nitrogen and oxygen atoms in total. The largest absolute Gasteiger partial charge is 0.395 e. The van der Waals surface area contributed by atoms with Gasteiger partial charge in [0, 0.05) is 19.1 Å². The zero-order chi connectivity index (χ0) is 12.2. The Bertz CT molecular complexity index is 206. The number of aliphatic hydroxyl groups excluding tert-OH is 1. The molecule has 3 heteroatoms. The lowest BCUT2D eigenvalue weighted by Gasteiger charge is -2.41. The van der Waals surface area contributed by atoms with E-state index in [2.05, 4.69) is 25.7 Å². The van der Waals surface area contributed by atoms with Crippen molar-refractivity contribution in [2.45, 2.75) is 46.1 Å². The van der Waals surface area contributed by atoms with Crippen molar-refractivity contribution in [1.82, 2.24) is 4.90 Å². The number of hydrogen-bond acceptors (Lipinski definition) is 3. The minimum atomic E-state index is 0.249. The topological polar surface area (TPSA) is 49.5 Å². The highest BCUT2D eigenvalue weighted by Crippen LogP contribution is 2.38. The molecule has 3 N–H and O–H groups in total. The molecule has 2 atom stereocenters. The lowest BCUT2D eigenvalue weighted by Crippen LogP contribution is -2.45. The fourth-order valence-corrected chi connectivity index (χ4v) is 2.81. The monoisotopic (exact) mass is 228 g/mol. The van der Waals surface area contributed by atoms with Gasteiger partial charge in [0.2, 0.25) is 0 Å². The van der Waals surface area contributed by atoms with E-state index in [0.717, 1.165) is 26.1 Å². The Kier molecular flexibility index (Phi) is 5.22. The van der Waals surface area contributed by atoms with Crippen molar-refractivity contribution in [2.24, 2.45) is 17.1 Å². The van der Waals surface area contributed by atoms with E-state index < -0.39 is 0 Å². The third kappa shape index (κ3) is 4.04. The van der Waals surface area contributed by atoms with Crippen LogP contribution in [0.4, 0.5) is 0 Å². The van der Waals surface area contributed by atoms with E-state index in [0.29, 0.717) is 17.4 Å². The van der Waals surface area contributed by atoms with Crippen molar-refractivity contribution < 1.29 is 5.11 Å². The van der Waals surface area contributed by atoms with E-state index in [1.54, 1.807) is 0 Å². The van der Waals surface area contributed by atoms with Gasteiger partial charge in [-0.15, -0.1) is 0 Å². The second-order valence-corrected chi connectivity index (χ2v) is 5.95. The Morgan fingerprint density at radius 2 is 2.12 bits per heavy atom. The molecule has 0 aromatic heterocycles. The van der Waals surface area contributed by atoms with Crippen LogP contribution in [0.5, 0.6) is 0 Å². The van der Waals surface area contributed by atoms with Gasteiger partial charge in [-0.1, -0.05) is 20.8 Å². The molecule has 1 fully saturated rings. The molecule has 0 aromatic rings. The van der Waals surface area contributed by atoms with Crippen LogP contribution in [0.3, 0.4) is 0 Å². The van der Waals surface area contributed by atoms with Crippen LogP contribution in [0.2, 0.25) is 0 Å². The summed E-state index contributed by atoms with van der Waals surface area (Å²) in [7, 11) is 0. The zero-order valence-electron chi connectivity index (χ0n) is 11.1. The van der Waals surface area contributed by atoms with Crippen LogP contribution in [0.1, 0.15) is 40.0 Å². The SMILES string of the molecule is CCN(CCO)CC1CC(C)(C)CCC1N. The molecule has 0 aliphatic heterocycles. The molecule has 1 saturated carbocycles. The number of likely N-dealkylation sites (N-methyl/N-ethyl adjacent to an activating group) is 1. The molecule has 0 aromatic carbocycles. The summed E-state index contributed by atoms with van der Waals surface area (Å²) < 4.78 is 0. The zero-order valence-corrected chi connectivity index (χ0v) is 11.1. The molecule has 0 bridgehead atoms. The van der Waals surface area contributed by atoms with Crippen molar-refractivity contribution >= 4 is 0 Å². The smallest absolute Gasteiger partial charge is 0.0558 e. The van der Waals surface area contributed by atoms with Gasteiger partial charge in [-0.05, 0) is 37.1 Å². The van der Waals surface area contributed by atoms with Gasteiger partial charge in [-0.25, -0.2) is 0 Å². The Hall–Kier alpha value is -0.120. The van der Waals surface area contributed by atoms with Crippen molar-refractivity contribution in [3.8, 4) is 0 Å². The Morgan fingerprint density at radius 1 is 1.44 bits per heavy atom. The molecule has 2 unspecified atom stereocenters. The van der Waals surface area contributed by atoms with Gasteiger partial charge < -0.3 is 15.7 Å². The highest BCUT2D eigenvalue weighted by atomic mass is 16.3. The second kappa shape index (κ2) is 5.99. The van der Waals surface area contributed by atoms with Gasteiger partial charge in [-0.3, -0.25) is 0 Å². The summed E-state index contributed by atoms with van der Waals surface area (Å²) in [4.78, 5) is 2.31. The first-order valence-electron chi connectivity index (χ1n) is 6.57. The Balaban J connectivity index is 2.49. The van der Waals surface area contributed by atoms with Gasteiger partial charge in [0.15, 0.2) is 0 Å². The molecule has 0 saturated heterocycles. The summed E-state index contributed by atoms with van der Waals surface area (Å²) in [6.07, 6.45) is 3.61. The molecule has 16 heavy (non-hydrogen) atoms. The number of nitrogens with zero attached hydrogens (tertiary/aromatic N) is 1. The first-order valence-corrected chi connectivity index (χ1v) is 6.57. The number of rotatable bonds is 5. The molecule has 1 rings (SSSR count). The normalized spacial score (nSPS) is 29.6. The predicted octanol–water partition coefficient (Wildman–Crippen LogP) is 1.45. The molecule has 1 aliphatic carbocycles. The van der Waals surface area contributed by atoms with Crippen LogP contribution in [0, 0.1) is 11.3 Å². The van der Waals surface area contributed by atoms with Gasteiger partial charge >= 0.3 is 0 Å². The number of hydrogen-bond donors (Lipinski definition) is 2. The molecular weight excluding hydrogens is 200 g/mol. The molecular formula is C13H28N2O. The van der Waals surface area contributed by atoms with E-state index in [4.69, 9.17) is 10.8 Å². The van der Waals surface area contributed by atoms with Crippen LogP contribution in [0.25, 0.3) is 0 Å². The average molecular weight is 228 g/mol. The highest BCUT2D eigenvalue weighted by Gasteiger charge is 2.33. The minimum Gasteiger partial charge on any atom is -0.395 e. The first kappa shape index (κ1) is 13.9. The van der Waals surface area contributed by atoms with Crippen LogP contribution >= 0.6 is 0 Å². The maximum Gasteiger partial charge on any atom is 0.0558 e. The highest BCUT2D eigenvalue weighted by molar-refractivity contribution is 4.88. The predicted molar refractivity (Wildman–Crippen MR) is 68.3 cm³/mol. The average Bonchev–Trinajstić information content (AvgIpc) is 2.22. The maximum atomic E-state index is 8.99. The molecule has 96 valence electrons. The summed E-state index contributed by atoms with van der Waals surface area (Å²) >= 11 is 0. The van der Waals surface area contributed by atoms with Crippen LogP contribution in [-0.4, -0.2) is 42.3 Å². The standard InChI is InChI=1S/C13H28N2O/c1-4-15(7-8-16)10-11-9-13(2,3)6-5-12(11)14/h11-12,16H,4-10,14H2,1-3H3. The van der Waals surface area contributed by atoms with Crippen LogP contribution < -0.4 is 5.73 Å². The van der Waals surface area contributed by atoms with Gasteiger partial charge in [0.1, 0.15) is 0 Å². The molecule has 0 radical (unpaired) electrons. The van der Waals surface area contributed by atoms with Gasteiger partial charge in [-0.2, -0.15) is 0 Å². The van der Waals surface area contributed by atoms with E-state index >= 15 is 0 Å². The van der Waals surface area contributed by atoms with E-state index in [1.165, 1.54) is 12.8 Å². The summed E-state index contributed by atoms with van der Waals surface area (Å²) in [5.74, 6) is 0.593. The summed E-state index contributed by atoms with van der Waals surface area (Å²) in [5.41, 5.74) is 6.65. The van der Waals surface area contributed by atoms with E-state index in [9.17, 15) is 0 Å². The molecule has 0 spiro atoms. The third-order valence-electron chi connectivity index (χ3n) is 3.93. The van der Waals surface area contributed by atoms with Crippen LogP contribution in [-0.2, 0) is 0 Å². The van der Waals surface area contributed by atoms with Crippen molar-refractivity contribution in [3.05, 3.63) is 0 Å². The lowest BCUT2D eigenvalue weighted by atomic mass is 9.70. The quantitative estimate of drug-likeness (QED) is 0.749. The molecule has 0 amide bonds. The first-order chi connectivity index (χ1) is 7.48. The molecule has 1 aliphatic rings. The Morgan fingerprint density at radius 3 is 2.69 bits per heavy atom. The fraction of sp³-hybridized carbons (Fsp3) is 1.00. The lowest BCUT2D eigenvalue weighted by molar-refractivity contribution is 0.106. The second-order valence-electron chi connectivity index (χ2n) is 5.95. The summed E-state index contributed by atoms with van der Waals surface area (Å²) in [6, 6.07) is 0.348. The van der Waals surface area contributed by atoms with E-state index in [-0.39, 0.29) is 6.61 Å². The van der Waals surface area contributed by atoms with Crippen molar-refractivity contribution in [2.75, 3.05) is 26.2 Å². The van der Waals surface area contributed by atoms with Gasteiger partial charge in [0.05, 0.1) is 6.61 Å². The minimum absolute atomic E-state index is 0.249. The van der Waals surface area contributed by atoms with Crippen molar-refractivity contribution in [1.29, 1.82) is 0 Å². The molecule has 0 heterocycles. The fourth-order valence-electron chi connectivity index (χ4n) is 2.81. The van der Waals surface area contributed by atoms with E-state index in [1.807, 2.05) is 0 Å². The van der Waals surface area contributed by atoms with Crippen molar-refractivity contribution in [3.63, 3.8) is 0 Å². The third-order valence-corrected chi connectivity index (χ3v) is 3.93. The van der Waals surface area contributed by atoms with Crippen LogP contribution in [0.15, 0.2) is 0 Å². The summed E-state index contributed by atoms with van der Waals surface area (Å²) in [5, 5.41) is 8.99. The maximum absolute atomic E-state index is 8.99. The summed E-state index contributed by atoms with van der Waals surface area (Å²) in [6.45, 7) is 9.91. The Labute approximate surface area is 100 Å². The number of aliphatic hydroxyl groups is 1. The number of nitrogens with two attached hydrogens (primary N) is 1.